The van der Waals surface area contributed by atoms with E-state index in [-0.39, 0.29) is 24.0 Å². The zero-order valence-electron chi connectivity index (χ0n) is 14.6. The van der Waals surface area contributed by atoms with Crippen LogP contribution in [0.15, 0.2) is 36.5 Å². The fourth-order valence-corrected chi connectivity index (χ4v) is 2.81. The van der Waals surface area contributed by atoms with Crippen LogP contribution in [0.5, 0.6) is 0 Å². The second kappa shape index (κ2) is 11.8. The number of aliphatic hydroxyl groups excluding tert-OH is 1. The van der Waals surface area contributed by atoms with Crippen molar-refractivity contribution >= 4 is 11.8 Å². The van der Waals surface area contributed by atoms with Gasteiger partial charge in [0.1, 0.15) is 0 Å². The zero-order chi connectivity index (χ0) is 17.8. The van der Waals surface area contributed by atoms with Gasteiger partial charge in [0.25, 0.3) is 0 Å². The van der Waals surface area contributed by atoms with E-state index in [1.807, 2.05) is 24.3 Å². The second-order valence-corrected chi connectivity index (χ2v) is 6.39. The van der Waals surface area contributed by atoms with Crippen LogP contribution < -0.4 is 0 Å². The Morgan fingerprint density at radius 3 is 2.79 bits per heavy atom. The topological polar surface area (TPSA) is 74.6 Å². The van der Waals surface area contributed by atoms with Crippen LogP contribution in [0.1, 0.15) is 58.3 Å². The predicted molar refractivity (Wildman–Crippen MR) is 95.7 cm³/mol. The molecule has 24 heavy (non-hydrogen) atoms. The van der Waals surface area contributed by atoms with Crippen LogP contribution in [0.4, 0.5) is 0 Å². The third kappa shape index (κ3) is 8.25. The van der Waals surface area contributed by atoms with Gasteiger partial charge in [0.05, 0.1) is 6.10 Å². The number of carbonyl (C=O) groups excluding carboxylic acids is 1. The molecule has 0 bridgehead atoms. The Kier molecular flexibility index (Phi) is 10.0. The molecule has 134 valence electrons. The average molecular weight is 334 g/mol. The Hall–Kier alpha value is -1.68. The van der Waals surface area contributed by atoms with Gasteiger partial charge < -0.3 is 10.2 Å². The van der Waals surface area contributed by atoms with Gasteiger partial charge in [0.15, 0.2) is 5.78 Å². The standard InChI is InChI=1S/C20H30O4/c1-2-3-6-10-17(21)13-14-18-16(12-15-19(18)22)9-7-4-5-8-11-20(23)24/h4,7,12-18,21H,2-3,5-6,8-11H2,1H3,(H,23,24)/b7-4+,14-13+/t16-,17?,18+/m0/s1. The van der Waals surface area contributed by atoms with E-state index in [2.05, 4.69) is 6.92 Å². The van der Waals surface area contributed by atoms with Gasteiger partial charge in [0, 0.05) is 12.3 Å². The summed E-state index contributed by atoms with van der Waals surface area (Å²) in [4.78, 5) is 22.4. The number of hydrogen-bond acceptors (Lipinski definition) is 3. The molecule has 1 unspecified atom stereocenters. The Balaban J connectivity index is 2.38. The summed E-state index contributed by atoms with van der Waals surface area (Å²) >= 11 is 0. The first-order valence-electron chi connectivity index (χ1n) is 8.99. The Labute approximate surface area is 145 Å². The third-order valence-electron chi connectivity index (χ3n) is 4.28. The molecule has 0 spiro atoms. The van der Waals surface area contributed by atoms with Gasteiger partial charge in [-0.15, -0.1) is 0 Å². The van der Waals surface area contributed by atoms with Gasteiger partial charge in [-0.3, -0.25) is 9.59 Å². The molecule has 0 fully saturated rings. The highest BCUT2D eigenvalue weighted by Gasteiger charge is 2.26. The number of carboxylic acids is 1. The number of aliphatic hydroxyl groups is 1. The minimum atomic E-state index is -0.768. The molecule has 1 aliphatic carbocycles. The first-order valence-corrected chi connectivity index (χ1v) is 8.99. The summed E-state index contributed by atoms with van der Waals surface area (Å²) in [6, 6.07) is 0. The van der Waals surface area contributed by atoms with Crippen LogP contribution in [-0.4, -0.2) is 28.1 Å². The van der Waals surface area contributed by atoms with Crippen molar-refractivity contribution in [1.82, 2.24) is 0 Å². The van der Waals surface area contributed by atoms with Crippen LogP contribution in [-0.2, 0) is 9.59 Å². The molecule has 0 aliphatic heterocycles. The fourth-order valence-electron chi connectivity index (χ4n) is 2.81. The minimum absolute atomic E-state index is 0.0938. The van der Waals surface area contributed by atoms with E-state index in [0.29, 0.717) is 6.42 Å². The summed E-state index contributed by atoms with van der Waals surface area (Å²) < 4.78 is 0. The number of aliphatic carboxylic acids is 1. The molecule has 0 saturated heterocycles. The highest BCUT2D eigenvalue weighted by molar-refractivity contribution is 5.95. The van der Waals surface area contributed by atoms with E-state index in [1.165, 1.54) is 0 Å². The molecule has 0 aromatic heterocycles. The number of carbonyl (C=O) groups is 2. The van der Waals surface area contributed by atoms with Gasteiger partial charge >= 0.3 is 5.97 Å². The number of rotatable bonds is 12. The van der Waals surface area contributed by atoms with Crippen molar-refractivity contribution in [2.45, 2.75) is 64.4 Å². The Morgan fingerprint density at radius 2 is 2.08 bits per heavy atom. The van der Waals surface area contributed by atoms with Crippen LogP contribution >= 0.6 is 0 Å². The average Bonchev–Trinajstić information content (AvgIpc) is 2.89. The largest absolute Gasteiger partial charge is 0.481 e. The second-order valence-electron chi connectivity index (χ2n) is 6.39. The first-order chi connectivity index (χ1) is 11.5. The maximum Gasteiger partial charge on any atom is 0.303 e. The van der Waals surface area contributed by atoms with Crippen molar-refractivity contribution in [2.75, 3.05) is 0 Å². The summed E-state index contributed by atoms with van der Waals surface area (Å²) in [6.07, 6.45) is 17.0. The highest BCUT2D eigenvalue weighted by Crippen LogP contribution is 2.27. The fraction of sp³-hybridized carbons (Fsp3) is 0.600. The van der Waals surface area contributed by atoms with E-state index in [0.717, 1.165) is 38.5 Å². The first kappa shape index (κ1) is 20.4. The lowest BCUT2D eigenvalue weighted by atomic mass is 9.90. The molecule has 1 rings (SSSR count). The van der Waals surface area contributed by atoms with Gasteiger partial charge in [-0.1, -0.05) is 56.6 Å². The lowest BCUT2D eigenvalue weighted by Gasteiger charge is -2.13. The Bertz CT molecular complexity index is 476. The highest BCUT2D eigenvalue weighted by atomic mass is 16.4. The SMILES string of the molecule is CCCCCC(O)/C=C/[C@H]1C(=O)C=C[C@@H]1C/C=C/CCCC(=O)O. The van der Waals surface area contributed by atoms with Gasteiger partial charge in [-0.05, 0) is 37.7 Å². The molecule has 3 atom stereocenters. The molecule has 1 aliphatic rings. The lowest BCUT2D eigenvalue weighted by Crippen LogP contribution is -2.14. The summed E-state index contributed by atoms with van der Waals surface area (Å²) in [5.41, 5.74) is 0. The van der Waals surface area contributed by atoms with E-state index in [4.69, 9.17) is 5.11 Å². The summed E-state index contributed by atoms with van der Waals surface area (Å²) in [5.74, 6) is -0.728. The van der Waals surface area contributed by atoms with E-state index < -0.39 is 12.1 Å². The van der Waals surface area contributed by atoms with Crippen LogP contribution in [0.2, 0.25) is 0 Å². The molecule has 0 saturated carbocycles. The zero-order valence-corrected chi connectivity index (χ0v) is 14.6. The van der Waals surface area contributed by atoms with Crippen molar-refractivity contribution in [3.8, 4) is 0 Å². The quantitative estimate of drug-likeness (QED) is 0.417. The molecule has 4 heteroatoms. The molecule has 0 heterocycles. The predicted octanol–water partition coefficient (Wildman–Crippen LogP) is 4.06. The van der Waals surface area contributed by atoms with Crippen LogP contribution in [0, 0.1) is 11.8 Å². The molecule has 0 aromatic rings. The number of hydrogen-bond donors (Lipinski definition) is 2. The third-order valence-corrected chi connectivity index (χ3v) is 4.28. The van der Waals surface area contributed by atoms with Crippen molar-refractivity contribution in [3.05, 3.63) is 36.5 Å². The molecule has 0 radical (unpaired) electrons. The molecule has 2 N–H and O–H groups in total. The molecular formula is C20H30O4. The molecular weight excluding hydrogens is 304 g/mol. The maximum absolute atomic E-state index is 12.0. The van der Waals surface area contributed by atoms with E-state index in [1.54, 1.807) is 12.2 Å². The van der Waals surface area contributed by atoms with Crippen LogP contribution in [0.25, 0.3) is 0 Å². The monoisotopic (exact) mass is 334 g/mol. The normalized spacial score (nSPS) is 22.0. The maximum atomic E-state index is 12.0. The van der Waals surface area contributed by atoms with Gasteiger partial charge in [-0.2, -0.15) is 0 Å². The van der Waals surface area contributed by atoms with Gasteiger partial charge in [-0.25, -0.2) is 0 Å². The summed E-state index contributed by atoms with van der Waals surface area (Å²) in [7, 11) is 0. The van der Waals surface area contributed by atoms with Crippen molar-refractivity contribution in [1.29, 1.82) is 0 Å². The summed E-state index contributed by atoms with van der Waals surface area (Å²) in [6.45, 7) is 2.13. The van der Waals surface area contributed by atoms with Crippen molar-refractivity contribution < 1.29 is 19.8 Å². The number of carboxylic acid groups (broad SMARTS) is 1. The minimum Gasteiger partial charge on any atom is -0.481 e. The van der Waals surface area contributed by atoms with Crippen molar-refractivity contribution in [3.63, 3.8) is 0 Å². The summed E-state index contributed by atoms with van der Waals surface area (Å²) in [5, 5.41) is 18.5. The number of allylic oxidation sites excluding steroid dienone is 5. The molecule has 4 nitrogen and oxygen atoms in total. The smallest absolute Gasteiger partial charge is 0.303 e. The number of unbranched alkanes of at least 4 members (excludes halogenated alkanes) is 3. The van der Waals surface area contributed by atoms with E-state index in [9.17, 15) is 14.7 Å². The van der Waals surface area contributed by atoms with Crippen molar-refractivity contribution in [2.24, 2.45) is 11.8 Å². The van der Waals surface area contributed by atoms with Gasteiger partial charge in [0.2, 0.25) is 0 Å². The van der Waals surface area contributed by atoms with E-state index >= 15 is 0 Å². The molecule has 0 aromatic carbocycles. The molecule has 0 amide bonds. The Morgan fingerprint density at radius 1 is 1.29 bits per heavy atom. The van der Waals surface area contributed by atoms with Crippen LogP contribution in [0.3, 0.4) is 0 Å². The lowest BCUT2D eigenvalue weighted by molar-refractivity contribution is -0.137. The number of ketones is 1.